The summed E-state index contributed by atoms with van der Waals surface area (Å²) in [6, 6.07) is -0.155. The fraction of sp³-hybridized carbons (Fsp3) is 0.500. The lowest BCUT2D eigenvalue weighted by molar-refractivity contribution is 0.215. The van der Waals surface area contributed by atoms with E-state index in [4.69, 9.17) is 5.73 Å². The molecule has 0 saturated carbocycles. The van der Waals surface area contributed by atoms with Gasteiger partial charge in [-0.3, -0.25) is 0 Å². The maximum absolute atomic E-state index is 10.8. The number of nitrogens with two attached hydrogens (primary N) is 1. The topological polar surface area (TPSA) is 58.4 Å². The summed E-state index contributed by atoms with van der Waals surface area (Å²) in [6.45, 7) is 1.88. The van der Waals surface area contributed by atoms with Crippen LogP contribution >= 0.6 is 0 Å². The minimum atomic E-state index is -0.316. The lowest BCUT2D eigenvalue weighted by Gasteiger charge is -2.25. The van der Waals surface area contributed by atoms with Gasteiger partial charge in [-0.15, -0.1) is 0 Å². The molecular weight excluding hydrogens is 130 g/mol. The molecule has 2 amide bonds. The molecule has 0 aliphatic carbocycles. The summed E-state index contributed by atoms with van der Waals surface area (Å²) in [4.78, 5) is 12.3. The highest BCUT2D eigenvalue weighted by molar-refractivity contribution is 5.77. The third-order valence-corrected chi connectivity index (χ3v) is 1.49. The third kappa shape index (κ3) is 1.11. The van der Waals surface area contributed by atoms with Crippen molar-refractivity contribution in [2.24, 2.45) is 5.73 Å². The van der Waals surface area contributed by atoms with E-state index in [1.165, 1.54) is 4.90 Å². The molecule has 0 aromatic carbocycles. The van der Waals surface area contributed by atoms with E-state index < -0.39 is 0 Å². The van der Waals surface area contributed by atoms with Crippen molar-refractivity contribution in [3.8, 4) is 0 Å². The van der Waals surface area contributed by atoms with Crippen molar-refractivity contribution in [3.63, 3.8) is 0 Å². The van der Waals surface area contributed by atoms with Crippen LogP contribution in [-0.2, 0) is 0 Å². The average molecular weight is 141 g/mol. The first-order valence-corrected chi connectivity index (χ1v) is 3.08. The average Bonchev–Trinajstić information content (AvgIpc) is 1.84. The number of urea groups is 1. The van der Waals surface area contributed by atoms with E-state index in [0.29, 0.717) is 0 Å². The van der Waals surface area contributed by atoms with E-state index >= 15 is 0 Å². The fourth-order valence-electron chi connectivity index (χ4n) is 0.793. The van der Waals surface area contributed by atoms with Crippen LogP contribution < -0.4 is 11.1 Å². The van der Waals surface area contributed by atoms with Crippen LogP contribution in [0.25, 0.3) is 0 Å². The molecular formula is C6H11N3O. The Balaban J connectivity index is 2.79. The Morgan fingerprint density at radius 1 is 1.80 bits per heavy atom. The molecule has 1 rings (SSSR count). The van der Waals surface area contributed by atoms with Gasteiger partial charge in [-0.2, -0.15) is 0 Å². The lowest BCUT2D eigenvalue weighted by Crippen LogP contribution is -2.50. The minimum absolute atomic E-state index is 0.155. The van der Waals surface area contributed by atoms with Gasteiger partial charge in [0.1, 0.15) is 6.17 Å². The molecule has 0 fully saturated rings. The molecule has 1 atom stereocenters. The van der Waals surface area contributed by atoms with E-state index in [-0.39, 0.29) is 12.2 Å². The molecule has 0 saturated heterocycles. The second kappa shape index (κ2) is 2.30. The first-order valence-electron chi connectivity index (χ1n) is 3.08. The number of rotatable bonds is 0. The summed E-state index contributed by atoms with van der Waals surface area (Å²) in [5, 5.41) is 2.58. The normalized spacial score (nSPS) is 25.9. The van der Waals surface area contributed by atoms with Gasteiger partial charge in [0.2, 0.25) is 0 Å². The molecule has 1 aliphatic rings. The zero-order chi connectivity index (χ0) is 7.72. The second-order valence-corrected chi connectivity index (χ2v) is 2.41. The number of nitrogens with one attached hydrogen (secondary N) is 1. The van der Waals surface area contributed by atoms with Crippen LogP contribution in [0.2, 0.25) is 0 Å². The molecule has 1 aliphatic heterocycles. The Hall–Kier alpha value is -1.03. The van der Waals surface area contributed by atoms with Crippen LogP contribution in [0.1, 0.15) is 6.92 Å². The number of hydrogen-bond acceptors (Lipinski definition) is 2. The SMILES string of the molecule is CC1=CN(C)C(=O)NC1N. The Bertz CT molecular complexity index is 187. The predicted octanol–water partition coefficient (Wildman–Crippen LogP) is -0.170. The van der Waals surface area contributed by atoms with Crippen molar-refractivity contribution >= 4 is 6.03 Å². The summed E-state index contributed by atoms with van der Waals surface area (Å²) in [5.41, 5.74) is 6.46. The van der Waals surface area contributed by atoms with Gasteiger partial charge in [-0.05, 0) is 12.5 Å². The van der Waals surface area contributed by atoms with Gasteiger partial charge in [-0.1, -0.05) is 0 Å². The molecule has 0 spiro atoms. The zero-order valence-corrected chi connectivity index (χ0v) is 6.09. The fourth-order valence-corrected chi connectivity index (χ4v) is 0.793. The number of carbonyl (C=O) groups excluding carboxylic acids is 1. The number of hydrogen-bond donors (Lipinski definition) is 2. The zero-order valence-electron chi connectivity index (χ0n) is 6.09. The van der Waals surface area contributed by atoms with E-state index in [1.807, 2.05) is 6.92 Å². The Morgan fingerprint density at radius 2 is 2.40 bits per heavy atom. The summed E-state index contributed by atoms with van der Waals surface area (Å²) in [6.07, 6.45) is 1.41. The van der Waals surface area contributed by atoms with Crippen LogP contribution in [0.4, 0.5) is 4.79 Å². The number of amides is 2. The highest BCUT2D eigenvalue weighted by Crippen LogP contribution is 2.04. The minimum Gasteiger partial charge on any atom is -0.319 e. The summed E-state index contributed by atoms with van der Waals surface area (Å²) >= 11 is 0. The third-order valence-electron chi connectivity index (χ3n) is 1.49. The van der Waals surface area contributed by atoms with Gasteiger partial charge in [0.25, 0.3) is 0 Å². The standard InChI is InChI=1S/C6H11N3O/c1-4-3-9(2)6(10)8-5(4)7/h3,5H,7H2,1-2H3,(H,8,10). The maximum atomic E-state index is 10.8. The predicted molar refractivity (Wildman–Crippen MR) is 38.0 cm³/mol. The van der Waals surface area contributed by atoms with Gasteiger partial charge in [0.05, 0.1) is 0 Å². The molecule has 0 aromatic rings. The molecule has 4 heteroatoms. The van der Waals surface area contributed by atoms with Crippen molar-refractivity contribution in [2.45, 2.75) is 13.1 Å². The van der Waals surface area contributed by atoms with Gasteiger partial charge < -0.3 is 16.0 Å². The Kier molecular flexibility index (Phi) is 1.63. The molecule has 4 nitrogen and oxygen atoms in total. The highest BCUT2D eigenvalue weighted by Gasteiger charge is 2.17. The highest BCUT2D eigenvalue weighted by atomic mass is 16.2. The summed E-state index contributed by atoms with van der Waals surface area (Å²) < 4.78 is 0. The molecule has 0 radical (unpaired) electrons. The van der Waals surface area contributed by atoms with Crippen LogP contribution in [0.15, 0.2) is 11.8 Å². The van der Waals surface area contributed by atoms with E-state index in [9.17, 15) is 4.79 Å². The van der Waals surface area contributed by atoms with Crippen molar-refractivity contribution in [2.75, 3.05) is 7.05 Å². The van der Waals surface area contributed by atoms with Gasteiger partial charge in [0, 0.05) is 13.2 Å². The molecule has 1 heterocycles. The van der Waals surface area contributed by atoms with Crippen LogP contribution in [0.5, 0.6) is 0 Å². The molecule has 56 valence electrons. The molecule has 1 unspecified atom stereocenters. The Morgan fingerprint density at radius 3 is 2.90 bits per heavy atom. The smallest absolute Gasteiger partial charge is 0.319 e. The van der Waals surface area contributed by atoms with E-state index in [1.54, 1.807) is 13.2 Å². The molecule has 0 aromatic heterocycles. The quantitative estimate of drug-likeness (QED) is 0.492. The van der Waals surface area contributed by atoms with Crippen molar-refractivity contribution in [3.05, 3.63) is 11.8 Å². The van der Waals surface area contributed by atoms with Crippen molar-refractivity contribution in [1.82, 2.24) is 10.2 Å². The molecule has 0 bridgehead atoms. The van der Waals surface area contributed by atoms with Crippen LogP contribution in [-0.4, -0.2) is 24.1 Å². The molecule has 10 heavy (non-hydrogen) atoms. The first kappa shape index (κ1) is 7.08. The monoisotopic (exact) mass is 141 g/mol. The number of nitrogens with zero attached hydrogens (tertiary/aromatic N) is 1. The lowest BCUT2D eigenvalue weighted by atomic mass is 10.2. The summed E-state index contributed by atoms with van der Waals surface area (Å²) in [5.74, 6) is 0. The summed E-state index contributed by atoms with van der Waals surface area (Å²) in [7, 11) is 1.69. The van der Waals surface area contributed by atoms with Crippen LogP contribution in [0, 0.1) is 0 Å². The van der Waals surface area contributed by atoms with Crippen LogP contribution in [0.3, 0.4) is 0 Å². The maximum Gasteiger partial charge on any atom is 0.322 e. The van der Waals surface area contributed by atoms with E-state index in [2.05, 4.69) is 5.32 Å². The van der Waals surface area contributed by atoms with Gasteiger partial charge in [0.15, 0.2) is 0 Å². The number of carbonyl (C=O) groups is 1. The Labute approximate surface area is 59.7 Å². The largest absolute Gasteiger partial charge is 0.322 e. The van der Waals surface area contributed by atoms with Gasteiger partial charge in [-0.25, -0.2) is 4.79 Å². The van der Waals surface area contributed by atoms with Crippen molar-refractivity contribution in [1.29, 1.82) is 0 Å². The van der Waals surface area contributed by atoms with E-state index in [0.717, 1.165) is 5.57 Å². The second-order valence-electron chi connectivity index (χ2n) is 2.41. The van der Waals surface area contributed by atoms with Crippen molar-refractivity contribution < 1.29 is 4.79 Å². The molecule has 3 N–H and O–H groups in total. The van der Waals surface area contributed by atoms with Gasteiger partial charge >= 0.3 is 6.03 Å². The first-order chi connectivity index (χ1) is 4.61.